The van der Waals surface area contributed by atoms with E-state index < -0.39 is 5.82 Å². The minimum atomic E-state index is -0.431. The summed E-state index contributed by atoms with van der Waals surface area (Å²) in [5, 5.41) is 4.31. The summed E-state index contributed by atoms with van der Waals surface area (Å²) < 4.78 is 20.0. The number of anilines is 1. The van der Waals surface area contributed by atoms with E-state index in [4.69, 9.17) is 4.74 Å². The van der Waals surface area contributed by atoms with Gasteiger partial charge in [0.2, 0.25) is 5.95 Å². The summed E-state index contributed by atoms with van der Waals surface area (Å²) in [5.41, 5.74) is 1.07. The van der Waals surface area contributed by atoms with Crippen molar-refractivity contribution in [2.45, 2.75) is 12.6 Å². The average Bonchev–Trinajstić information content (AvgIpc) is 2.88. The quantitative estimate of drug-likeness (QED) is 0.827. The third-order valence-corrected chi connectivity index (χ3v) is 3.13. The summed E-state index contributed by atoms with van der Waals surface area (Å²) in [4.78, 5) is 10.0. The van der Waals surface area contributed by atoms with Crippen LogP contribution in [0.2, 0.25) is 0 Å². The molecule has 0 bridgehead atoms. The number of fused-ring (bicyclic) bond motifs is 1. The summed E-state index contributed by atoms with van der Waals surface area (Å²) in [6.07, 6.45) is 4.13. The van der Waals surface area contributed by atoms with Crippen LogP contribution in [0.1, 0.15) is 11.7 Å². The predicted octanol–water partition coefficient (Wildman–Crippen LogP) is 1.02. The summed E-state index contributed by atoms with van der Waals surface area (Å²) in [6.45, 7) is 1.91. The highest BCUT2D eigenvalue weighted by atomic mass is 19.1. The van der Waals surface area contributed by atoms with Crippen molar-refractivity contribution in [1.29, 1.82) is 0 Å². The third-order valence-electron chi connectivity index (χ3n) is 3.13. The second-order valence-corrected chi connectivity index (χ2v) is 4.46. The number of methoxy groups -OCH3 is 1. The fourth-order valence-corrected chi connectivity index (χ4v) is 2.32. The monoisotopic (exact) mass is 263 g/mol. The highest BCUT2D eigenvalue weighted by Gasteiger charge is 2.26. The van der Waals surface area contributed by atoms with E-state index in [1.54, 1.807) is 13.3 Å². The van der Waals surface area contributed by atoms with E-state index in [-0.39, 0.29) is 6.04 Å². The second-order valence-electron chi connectivity index (χ2n) is 4.46. The molecule has 0 N–H and O–H groups in total. The first-order valence-corrected chi connectivity index (χ1v) is 6.01. The molecule has 3 heterocycles. The Morgan fingerprint density at radius 2 is 2.21 bits per heavy atom. The lowest BCUT2D eigenvalue weighted by molar-refractivity contribution is 0.144. The lowest BCUT2D eigenvalue weighted by Crippen LogP contribution is -2.40. The van der Waals surface area contributed by atoms with E-state index in [9.17, 15) is 4.39 Å². The smallest absolute Gasteiger partial charge is 0.225 e. The number of nitrogens with zero attached hydrogens (tertiary/aromatic N) is 5. The van der Waals surface area contributed by atoms with Crippen molar-refractivity contribution in [2.24, 2.45) is 0 Å². The Morgan fingerprint density at radius 1 is 1.42 bits per heavy atom. The van der Waals surface area contributed by atoms with Crippen LogP contribution in [0.15, 0.2) is 24.7 Å². The topological polar surface area (TPSA) is 56.1 Å². The first-order valence-electron chi connectivity index (χ1n) is 6.01. The molecular weight excluding hydrogens is 249 g/mol. The molecule has 0 fully saturated rings. The number of rotatable bonds is 3. The van der Waals surface area contributed by atoms with Crippen LogP contribution in [-0.2, 0) is 11.3 Å². The molecule has 0 saturated heterocycles. The highest BCUT2D eigenvalue weighted by Crippen LogP contribution is 2.23. The number of halogens is 1. The Morgan fingerprint density at radius 3 is 2.95 bits per heavy atom. The standard InChI is InChI=1S/C12H14FN5O/c1-19-8-11-7-17(6-10-2-3-16-18(10)11)12-14-4-9(13)5-15-12/h2-5,11H,6-8H2,1H3. The van der Waals surface area contributed by atoms with Crippen molar-refractivity contribution in [3.63, 3.8) is 0 Å². The molecule has 1 aliphatic heterocycles. The van der Waals surface area contributed by atoms with Crippen LogP contribution >= 0.6 is 0 Å². The maximum absolute atomic E-state index is 12.9. The SMILES string of the molecule is COCC1CN(c2ncc(F)cn2)Cc2ccnn21. The van der Waals surface area contributed by atoms with Crippen LogP contribution in [-0.4, -0.2) is 40.0 Å². The highest BCUT2D eigenvalue weighted by molar-refractivity contribution is 5.32. The summed E-state index contributed by atoms with van der Waals surface area (Å²) >= 11 is 0. The van der Waals surface area contributed by atoms with Crippen molar-refractivity contribution in [3.8, 4) is 0 Å². The summed E-state index contributed by atoms with van der Waals surface area (Å²) in [7, 11) is 1.66. The minimum absolute atomic E-state index is 0.109. The Hall–Kier alpha value is -2.02. The Balaban J connectivity index is 1.88. The minimum Gasteiger partial charge on any atom is -0.382 e. The van der Waals surface area contributed by atoms with Crippen LogP contribution < -0.4 is 4.90 Å². The predicted molar refractivity (Wildman–Crippen MR) is 66.2 cm³/mol. The van der Waals surface area contributed by atoms with E-state index in [0.29, 0.717) is 25.6 Å². The third kappa shape index (κ3) is 2.28. The molecule has 7 heteroatoms. The van der Waals surface area contributed by atoms with Crippen LogP contribution in [0, 0.1) is 5.82 Å². The Labute approximate surface area is 109 Å². The van der Waals surface area contributed by atoms with Crippen LogP contribution in [0.25, 0.3) is 0 Å². The second kappa shape index (κ2) is 4.93. The van der Waals surface area contributed by atoms with Crippen molar-refractivity contribution in [2.75, 3.05) is 25.2 Å². The molecular formula is C12H14FN5O. The van der Waals surface area contributed by atoms with Gasteiger partial charge in [-0.2, -0.15) is 5.10 Å². The zero-order chi connectivity index (χ0) is 13.2. The lowest BCUT2D eigenvalue weighted by atomic mass is 10.2. The van der Waals surface area contributed by atoms with Gasteiger partial charge in [-0.15, -0.1) is 0 Å². The molecule has 6 nitrogen and oxygen atoms in total. The first-order chi connectivity index (χ1) is 9.28. The number of hydrogen-bond acceptors (Lipinski definition) is 5. The van der Waals surface area contributed by atoms with Gasteiger partial charge in [-0.25, -0.2) is 14.4 Å². The molecule has 0 amide bonds. The zero-order valence-electron chi connectivity index (χ0n) is 10.5. The average molecular weight is 263 g/mol. The summed E-state index contributed by atoms with van der Waals surface area (Å²) in [5.74, 6) is 0.0918. The normalized spacial score (nSPS) is 18.4. The molecule has 0 aromatic carbocycles. The van der Waals surface area contributed by atoms with Gasteiger partial charge < -0.3 is 9.64 Å². The molecule has 1 atom stereocenters. The molecule has 1 unspecified atom stereocenters. The molecule has 0 radical (unpaired) electrons. The van der Waals surface area contributed by atoms with Gasteiger partial charge in [0.15, 0.2) is 5.82 Å². The fraction of sp³-hybridized carbons (Fsp3) is 0.417. The van der Waals surface area contributed by atoms with E-state index in [1.165, 1.54) is 12.4 Å². The largest absolute Gasteiger partial charge is 0.382 e. The molecule has 100 valence electrons. The molecule has 0 saturated carbocycles. The van der Waals surface area contributed by atoms with Crippen LogP contribution in [0.5, 0.6) is 0 Å². The van der Waals surface area contributed by atoms with Crippen LogP contribution in [0.3, 0.4) is 0 Å². The maximum atomic E-state index is 12.9. The van der Waals surface area contributed by atoms with Crippen molar-refractivity contribution in [3.05, 3.63) is 36.2 Å². The molecule has 1 aliphatic rings. The number of ether oxygens (including phenoxy) is 1. The number of hydrogen-bond donors (Lipinski definition) is 0. The van der Waals surface area contributed by atoms with Gasteiger partial charge in [0, 0.05) is 19.9 Å². The van der Waals surface area contributed by atoms with Gasteiger partial charge in [0.05, 0.1) is 37.3 Å². The first kappa shape index (κ1) is 12.0. The molecule has 2 aromatic heterocycles. The van der Waals surface area contributed by atoms with E-state index in [2.05, 4.69) is 15.1 Å². The van der Waals surface area contributed by atoms with Crippen LogP contribution in [0.4, 0.5) is 10.3 Å². The fourth-order valence-electron chi connectivity index (χ4n) is 2.32. The van der Waals surface area contributed by atoms with Gasteiger partial charge in [-0.1, -0.05) is 0 Å². The summed E-state index contributed by atoms with van der Waals surface area (Å²) in [6, 6.07) is 2.07. The van der Waals surface area contributed by atoms with Gasteiger partial charge in [0.1, 0.15) is 0 Å². The van der Waals surface area contributed by atoms with E-state index in [1.807, 2.05) is 15.6 Å². The lowest BCUT2D eigenvalue weighted by Gasteiger charge is -2.33. The van der Waals surface area contributed by atoms with E-state index in [0.717, 1.165) is 5.69 Å². The van der Waals surface area contributed by atoms with Gasteiger partial charge >= 0.3 is 0 Å². The van der Waals surface area contributed by atoms with Gasteiger partial charge in [-0.3, -0.25) is 4.68 Å². The molecule has 2 aromatic rings. The maximum Gasteiger partial charge on any atom is 0.225 e. The van der Waals surface area contributed by atoms with Gasteiger partial charge in [-0.05, 0) is 6.07 Å². The van der Waals surface area contributed by atoms with E-state index >= 15 is 0 Å². The van der Waals surface area contributed by atoms with Crippen molar-refractivity contribution in [1.82, 2.24) is 19.7 Å². The number of aromatic nitrogens is 4. The molecule has 0 aliphatic carbocycles. The Kier molecular flexibility index (Phi) is 3.12. The molecule has 0 spiro atoms. The van der Waals surface area contributed by atoms with Crippen molar-refractivity contribution >= 4 is 5.95 Å². The Bertz CT molecular complexity index is 556. The van der Waals surface area contributed by atoms with Gasteiger partial charge in [0.25, 0.3) is 0 Å². The molecule has 3 rings (SSSR count). The zero-order valence-corrected chi connectivity index (χ0v) is 10.5. The van der Waals surface area contributed by atoms with Crippen molar-refractivity contribution < 1.29 is 9.13 Å². The molecule has 19 heavy (non-hydrogen) atoms.